The lowest BCUT2D eigenvalue weighted by Crippen LogP contribution is -1.97. The fourth-order valence-corrected chi connectivity index (χ4v) is 3.22. The molecule has 2 aromatic rings. The number of halogens is 1. The van der Waals surface area contributed by atoms with E-state index in [0.29, 0.717) is 5.95 Å². The lowest BCUT2D eigenvalue weighted by atomic mass is 10.1. The van der Waals surface area contributed by atoms with E-state index >= 15 is 0 Å². The molecule has 0 unspecified atom stereocenters. The van der Waals surface area contributed by atoms with Gasteiger partial charge in [-0.15, -0.1) is 11.8 Å². The molecule has 19 heavy (non-hydrogen) atoms. The van der Waals surface area contributed by atoms with Gasteiger partial charge >= 0.3 is 0 Å². The summed E-state index contributed by atoms with van der Waals surface area (Å²) in [5.74, 6) is 1.55. The first-order valence-corrected chi connectivity index (χ1v) is 7.76. The van der Waals surface area contributed by atoms with Crippen LogP contribution in [-0.2, 0) is 5.75 Å². The first-order valence-electron chi connectivity index (χ1n) is 5.99. The molecule has 0 atom stereocenters. The maximum absolute atomic E-state index is 4.44. The van der Waals surface area contributed by atoms with Crippen LogP contribution in [-0.4, -0.2) is 17.0 Å². The summed E-state index contributed by atoms with van der Waals surface area (Å²) >= 11 is 5.20. The molecule has 1 N–H and O–H groups in total. The maximum atomic E-state index is 4.44. The van der Waals surface area contributed by atoms with Gasteiger partial charge in [-0.05, 0) is 35.3 Å². The summed E-state index contributed by atoms with van der Waals surface area (Å²) in [4.78, 5) is 8.60. The zero-order valence-electron chi connectivity index (χ0n) is 11.2. The Morgan fingerprint density at radius 3 is 2.53 bits per heavy atom. The number of rotatable bonds is 4. The van der Waals surface area contributed by atoms with Crippen molar-refractivity contribution in [1.82, 2.24) is 9.97 Å². The minimum atomic E-state index is 0.645. The Morgan fingerprint density at radius 1 is 1.21 bits per heavy atom. The topological polar surface area (TPSA) is 37.8 Å². The van der Waals surface area contributed by atoms with E-state index in [9.17, 15) is 0 Å². The SMILES string of the molecule is CNc1ncc(Br)c(SCc2cc(C)cc(C)c2)n1. The van der Waals surface area contributed by atoms with Crippen LogP contribution in [0.25, 0.3) is 0 Å². The summed E-state index contributed by atoms with van der Waals surface area (Å²) < 4.78 is 0.931. The van der Waals surface area contributed by atoms with Crippen LogP contribution in [0.1, 0.15) is 16.7 Å². The summed E-state index contributed by atoms with van der Waals surface area (Å²) in [7, 11) is 1.82. The van der Waals surface area contributed by atoms with Gasteiger partial charge in [-0.25, -0.2) is 9.97 Å². The average Bonchev–Trinajstić information content (AvgIpc) is 2.37. The number of hydrogen-bond donors (Lipinski definition) is 1. The van der Waals surface area contributed by atoms with Gasteiger partial charge in [-0.2, -0.15) is 0 Å². The fourth-order valence-electron chi connectivity index (χ4n) is 1.88. The predicted octanol–water partition coefficient (Wildman–Crippen LogP) is 4.19. The van der Waals surface area contributed by atoms with E-state index in [-0.39, 0.29) is 0 Å². The molecule has 1 heterocycles. The van der Waals surface area contributed by atoms with E-state index < -0.39 is 0 Å². The minimum absolute atomic E-state index is 0.645. The van der Waals surface area contributed by atoms with E-state index in [1.54, 1.807) is 18.0 Å². The highest BCUT2D eigenvalue weighted by atomic mass is 79.9. The van der Waals surface area contributed by atoms with Crippen molar-refractivity contribution in [2.45, 2.75) is 24.6 Å². The van der Waals surface area contributed by atoms with Gasteiger partial charge in [0.25, 0.3) is 0 Å². The quantitative estimate of drug-likeness (QED) is 0.670. The summed E-state index contributed by atoms with van der Waals surface area (Å²) in [6, 6.07) is 6.62. The molecular formula is C14H16BrN3S. The number of thioether (sulfide) groups is 1. The van der Waals surface area contributed by atoms with Crippen molar-refractivity contribution >= 4 is 33.6 Å². The molecule has 100 valence electrons. The Balaban J connectivity index is 2.13. The molecule has 0 saturated heterocycles. The molecule has 0 aliphatic heterocycles. The average molecular weight is 338 g/mol. The minimum Gasteiger partial charge on any atom is -0.357 e. The molecule has 0 saturated carbocycles. The highest BCUT2D eigenvalue weighted by Gasteiger charge is 2.06. The molecule has 5 heteroatoms. The third kappa shape index (κ3) is 3.94. The van der Waals surface area contributed by atoms with Gasteiger partial charge in [0.1, 0.15) is 5.03 Å². The van der Waals surface area contributed by atoms with E-state index in [2.05, 4.69) is 63.3 Å². The largest absolute Gasteiger partial charge is 0.357 e. The second-order valence-corrected chi connectivity index (χ2v) is 6.20. The monoisotopic (exact) mass is 337 g/mol. The Morgan fingerprint density at radius 2 is 1.89 bits per heavy atom. The van der Waals surface area contributed by atoms with Crippen LogP contribution in [0.15, 0.2) is 33.9 Å². The van der Waals surface area contributed by atoms with Crippen molar-refractivity contribution < 1.29 is 0 Å². The normalized spacial score (nSPS) is 10.5. The zero-order valence-corrected chi connectivity index (χ0v) is 13.6. The highest BCUT2D eigenvalue weighted by Crippen LogP contribution is 2.29. The van der Waals surface area contributed by atoms with Crippen LogP contribution in [0.3, 0.4) is 0 Å². The smallest absolute Gasteiger partial charge is 0.223 e. The number of anilines is 1. The zero-order chi connectivity index (χ0) is 13.8. The summed E-state index contributed by atoms with van der Waals surface area (Å²) in [6.07, 6.45) is 1.78. The molecule has 2 rings (SSSR count). The van der Waals surface area contributed by atoms with E-state index in [1.165, 1.54) is 16.7 Å². The number of benzene rings is 1. The standard InChI is InChI=1S/C14H16BrN3S/c1-9-4-10(2)6-11(5-9)8-19-13-12(15)7-17-14(16-3)18-13/h4-7H,8H2,1-3H3,(H,16,17,18). The molecule has 3 nitrogen and oxygen atoms in total. The molecular weight excluding hydrogens is 322 g/mol. The molecule has 0 fully saturated rings. The number of nitrogens with one attached hydrogen (secondary N) is 1. The summed E-state index contributed by atoms with van der Waals surface area (Å²) in [6.45, 7) is 4.25. The molecule has 0 aliphatic rings. The molecule has 0 amide bonds. The lowest BCUT2D eigenvalue weighted by Gasteiger charge is -2.07. The van der Waals surface area contributed by atoms with Crippen LogP contribution in [0.2, 0.25) is 0 Å². The molecule has 0 spiro atoms. The summed E-state index contributed by atoms with van der Waals surface area (Å²) in [5.41, 5.74) is 3.92. The van der Waals surface area contributed by atoms with Crippen molar-refractivity contribution in [3.63, 3.8) is 0 Å². The third-order valence-electron chi connectivity index (χ3n) is 2.59. The number of aryl methyl sites for hydroxylation is 2. The van der Waals surface area contributed by atoms with Crippen molar-refractivity contribution in [1.29, 1.82) is 0 Å². The second kappa shape index (κ2) is 6.39. The predicted molar refractivity (Wildman–Crippen MR) is 84.8 cm³/mol. The van der Waals surface area contributed by atoms with Crippen molar-refractivity contribution in [3.05, 3.63) is 45.6 Å². The highest BCUT2D eigenvalue weighted by molar-refractivity contribution is 9.10. The van der Waals surface area contributed by atoms with Gasteiger partial charge < -0.3 is 5.32 Å². The van der Waals surface area contributed by atoms with E-state index in [1.807, 2.05) is 7.05 Å². The maximum Gasteiger partial charge on any atom is 0.223 e. The van der Waals surface area contributed by atoms with Crippen LogP contribution in [0, 0.1) is 13.8 Å². The van der Waals surface area contributed by atoms with Crippen molar-refractivity contribution in [2.75, 3.05) is 12.4 Å². The van der Waals surface area contributed by atoms with E-state index in [4.69, 9.17) is 0 Å². The van der Waals surface area contributed by atoms with Crippen molar-refractivity contribution in [3.8, 4) is 0 Å². The van der Waals surface area contributed by atoms with Gasteiger partial charge in [0.15, 0.2) is 0 Å². The molecule has 0 radical (unpaired) electrons. The van der Waals surface area contributed by atoms with Gasteiger partial charge in [-0.3, -0.25) is 0 Å². The Bertz CT molecular complexity index is 567. The van der Waals surface area contributed by atoms with E-state index in [0.717, 1.165) is 15.3 Å². The fraction of sp³-hybridized carbons (Fsp3) is 0.286. The van der Waals surface area contributed by atoms with Crippen molar-refractivity contribution in [2.24, 2.45) is 0 Å². The van der Waals surface area contributed by atoms with Crippen LogP contribution in [0.4, 0.5) is 5.95 Å². The van der Waals surface area contributed by atoms with Gasteiger partial charge in [-0.1, -0.05) is 29.3 Å². The first-order chi connectivity index (χ1) is 9.08. The summed E-state index contributed by atoms with van der Waals surface area (Å²) in [5, 5.41) is 3.91. The molecule has 1 aromatic carbocycles. The van der Waals surface area contributed by atoms with Crippen LogP contribution < -0.4 is 5.32 Å². The molecule has 0 aliphatic carbocycles. The Labute approximate surface area is 126 Å². The Kier molecular flexibility index (Phi) is 4.82. The second-order valence-electron chi connectivity index (χ2n) is 4.38. The lowest BCUT2D eigenvalue weighted by molar-refractivity contribution is 1.02. The number of hydrogen-bond acceptors (Lipinski definition) is 4. The molecule has 1 aromatic heterocycles. The van der Waals surface area contributed by atoms with Gasteiger partial charge in [0, 0.05) is 19.0 Å². The van der Waals surface area contributed by atoms with Gasteiger partial charge in [0.05, 0.1) is 4.47 Å². The van der Waals surface area contributed by atoms with Crippen LogP contribution in [0.5, 0.6) is 0 Å². The number of nitrogens with zero attached hydrogens (tertiary/aromatic N) is 2. The van der Waals surface area contributed by atoms with Gasteiger partial charge in [0.2, 0.25) is 5.95 Å². The number of aromatic nitrogens is 2. The first kappa shape index (κ1) is 14.3. The Hall–Kier alpha value is -1.07. The third-order valence-corrected chi connectivity index (χ3v) is 4.50. The van der Waals surface area contributed by atoms with Crippen LogP contribution >= 0.6 is 27.7 Å². The molecule has 0 bridgehead atoms.